The Kier molecular flexibility index (Phi) is 6.66. The fourth-order valence-corrected chi connectivity index (χ4v) is 3.15. The van der Waals surface area contributed by atoms with E-state index in [9.17, 15) is 4.79 Å². The Hall–Kier alpha value is -3.05. The highest BCUT2D eigenvalue weighted by molar-refractivity contribution is 5.84. The van der Waals surface area contributed by atoms with Crippen LogP contribution in [0.1, 0.15) is 49.3 Å². The first-order valence-electron chi connectivity index (χ1n) is 9.63. The molecule has 0 radical (unpaired) electrons. The van der Waals surface area contributed by atoms with Gasteiger partial charge in [0.2, 0.25) is 6.41 Å². The molecule has 1 N–H and O–H groups in total. The van der Waals surface area contributed by atoms with Crippen molar-refractivity contribution in [3.63, 3.8) is 0 Å². The summed E-state index contributed by atoms with van der Waals surface area (Å²) in [5.74, 6) is 6.41. The van der Waals surface area contributed by atoms with Crippen molar-refractivity contribution in [1.82, 2.24) is 0 Å². The number of hydrogen-bond donors (Lipinski definition) is 1. The number of rotatable bonds is 7. The van der Waals surface area contributed by atoms with Crippen LogP contribution in [-0.4, -0.2) is 6.41 Å². The maximum absolute atomic E-state index is 10.4. The molecule has 0 unspecified atom stereocenters. The summed E-state index contributed by atoms with van der Waals surface area (Å²) < 4.78 is 0. The van der Waals surface area contributed by atoms with E-state index in [4.69, 9.17) is 0 Å². The fraction of sp³-hybridized carbons (Fsp3) is 0.240. The van der Waals surface area contributed by atoms with Gasteiger partial charge in [-0.05, 0) is 65.6 Å². The summed E-state index contributed by atoms with van der Waals surface area (Å²) in [6.45, 7) is 2.25. The standard InChI is InChI=1S/C25H25NO/c1-2-3-4-5-6-21-9-13-24-18-22(10-14-23(24)17-21)8-7-20-11-15-25(16-12-20)26-19-27/h9-19H,2-6H2,1H3,(H,26,27). The van der Waals surface area contributed by atoms with Crippen LogP contribution in [-0.2, 0) is 11.2 Å². The SMILES string of the molecule is CCCCCCc1ccc2cc(C#Cc3ccc(NC=O)cc3)ccc2c1. The van der Waals surface area contributed by atoms with E-state index >= 15 is 0 Å². The molecule has 3 aromatic rings. The molecule has 0 heterocycles. The van der Waals surface area contributed by atoms with Crippen LogP contribution in [0.25, 0.3) is 10.8 Å². The van der Waals surface area contributed by atoms with Crippen LogP contribution in [0.4, 0.5) is 5.69 Å². The van der Waals surface area contributed by atoms with Crippen LogP contribution in [0.5, 0.6) is 0 Å². The molecule has 0 spiro atoms. The summed E-state index contributed by atoms with van der Waals surface area (Å²) in [6, 6.07) is 20.6. The number of aryl methyl sites for hydroxylation is 1. The van der Waals surface area contributed by atoms with Crippen molar-refractivity contribution in [3.8, 4) is 11.8 Å². The lowest BCUT2D eigenvalue weighted by Gasteiger charge is -2.04. The van der Waals surface area contributed by atoms with E-state index in [0.29, 0.717) is 6.41 Å². The van der Waals surface area contributed by atoms with E-state index in [1.165, 1.54) is 42.0 Å². The molecule has 0 aliphatic rings. The molecule has 0 fully saturated rings. The second-order valence-corrected chi connectivity index (χ2v) is 6.80. The Morgan fingerprint density at radius 3 is 2.30 bits per heavy atom. The third-order valence-electron chi connectivity index (χ3n) is 4.69. The number of unbranched alkanes of at least 4 members (excludes halogenated alkanes) is 3. The van der Waals surface area contributed by atoms with Gasteiger partial charge < -0.3 is 5.32 Å². The van der Waals surface area contributed by atoms with Gasteiger partial charge in [-0.25, -0.2) is 0 Å². The summed E-state index contributed by atoms with van der Waals surface area (Å²) in [6.07, 6.45) is 7.02. The number of fused-ring (bicyclic) bond motifs is 1. The molecule has 136 valence electrons. The zero-order chi connectivity index (χ0) is 18.9. The first kappa shape index (κ1) is 18.7. The molecule has 0 aliphatic heterocycles. The minimum absolute atomic E-state index is 0.673. The van der Waals surface area contributed by atoms with Gasteiger partial charge >= 0.3 is 0 Å². The van der Waals surface area contributed by atoms with Crippen molar-refractivity contribution >= 4 is 22.9 Å². The highest BCUT2D eigenvalue weighted by Gasteiger charge is 1.99. The predicted octanol–water partition coefficient (Wildman–Crippen LogP) is 5.93. The third-order valence-corrected chi connectivity index (χ3v) is 4.69. The van der Waals surface area contributed by atoms with E-state index < -0.39 is 0 Å². The van der Waals surface area contributed by atoms with Gasteiger partial charge in [-0.3, -0.25) is 4.79 Å². The molecule has 0 saturated heterocycles. The fourth-order valence-electron chi connectivity index (χ4n) is 3.15. The molecule has 3 rings (SSSR count). The number of amides is 1. The van der Waals surface area contributed by atoms with Gasteiger partial charge in [0.05, 0.1) is 0 Å². The zero-order valence-corrected chi connectivity index (χ0v) is 15.8. The summed E-state index contributed by atoms with van der Waals surface area (Å²) >= 11 is 0. The summed E-state index contributed by atoms with van der Waals surface area (Å²) in [4.78, 5) is 10.4. The van der Waals surface area contributed by atoms with Crippen molar-refractivity contribution in [3.05, 3.63) is 77.4 Å². The van der Waals surface area contributed by atoms with Crippen LogP contribution in [0, 0.1) is 11.8 Å². The lowest BCUT2D eigenvalue weighted by molar-refractivity contribution is -0.105. The van der Waals surface area contributed by atoms with Crippen LogP contribution in [0.15, 0.2) is 60.7 Å². The zero-order valence-electron chi connectivity index (χ0n) is 15.8. The van der Waals surface area contributed by atoms with Crippen LogP contribution in [0.3, 0.4) is 0 Å². The van der Waals surface area contributed by atoms with Gasteiger partial charge in [0.15, 0.2) is 0 Å². The van der Waals surface area contributed by atoms with Crippen LogP contribution in [0.2, 0.25) is 0 Å². The monoisotopic (exact) mass is 355 g/mol. The molecule has 0 saturated carbocycles. The Morgan fingerprint density at radius 1 is 0.815 bits per heavy atom. The van der Waals surface area contributed by atoms with Gasteiger partial charge in [-0.15, -0.1) is 0 Å². The van der Waals surface area contributed by atoms with Crippen molar-refractivity contribution in [2.24, 2.45) is 0 Å². The van der Waals surface area contributed by atoms with E-state index in [-0.39, 0.29) is 0 Å². The van der Waals surface area contributed by atoms with Crippen molar-refractivity contribution < 1.29 is 4.79 Å². The lowest BCUT2D eigenvalue weighted by Crippen LogP contribution is -1.92. The molecule has 3 aromatic carbocycles. The average molecular weight is 355 g/mol. The van der Waals surface area contributed by atoms with Gasteiger partial charge in [0.25, 0.3) is 0 Å². The number of carbonyl (C=O) groups excluding carboxylic acids is 1. The molecule has 27 heavy (non-hydrogen) atoms. The minimum atomic E-state index is 0.673. The van der Waals surface area contributed by atoms with Crippen LogP contribution >= 0.6 is 0 Å². The summed E-state index contributed by atoms with van der Waals surface area (Å²) in [5, 5.41) is 5.13. The first-order valence-corrected chi connectivity index (χ1v) is 9.63. The van der Waals surface area contributed by atoms with Crippen molar-refractivity contribution in [2.75, 3.05) is 5.32 Å². The Balaban J connectivity index is 1.70. The van der Waals surface area contributed by atoms with E-state index in [2.05, 4.69) is 60.5 Å². The Labute approximate surface area is 161 Å². The van der Waals surface area contributed by atoms with E-state index in [1.54, 1.807) is 0 Å². The number of nitrogens with one attached hydrogen (secondary N) is 1. The third kappa shape index (κ3) is 5.46. The molecule has 2 heteroatoms. The Morgan fingerprint density at radius 2 is 1.52 bits per heavy atom. The molecule has 0 atom stereocenters. The van der Waals surface area contributed by atoms with Gasteiger partial charge in [-0.1, -0.05) is 62.3 Å². The summed E-state index contributed by atoms with van der Waals surface area (Å²) in [5.41, 5.74) is 4.12. The number of carbonyl (C=O) groups is 1. The van der Waals surface area contributed by atoms with Gasteiger partial charge in [-0.2, -0.15) is 0 Å². The first-order chi connectivity index (χ1) is 13.3. The smallest absolute Gasteiger partial charge is 0.211 e. The lowest BCUT2D eigenvalue weighted by atomic mass is 10.0. The normalized spacial score (nSPS) is 10.3. The van der Waals surface area contributed by atoms with Crippen molar-refractivity contribution in [1.29, 1.82) is 0 Å². The quantitative estimate of drug-likeness (QED) is 0.318. The Bertz CT molecular complexity index is 961. The maximum atomic E-state index is 10.4. The minimum Gasteiger partial charge on any atom is -0.329 e. The maximum Gasteiger partial charge on any atom is 0.211 e. The predicted molar refractivity (Wildman–Crippen MR) is 114 cm³/mol. The van der Waals surface area contributed by atoms with Crippen LogP contribution < -0.4 is 5.32 Å². The number of hydrogen-bond acceptors (Lipinski definition) is 1. The molecular formula is C25H25NO. The van der Waals surface area contributed by atoms with Gasteiger partial charge in [0.1, 0.15) is 0 Å². The second-order valence-electron chi connectivity index (χ2n) is 6.80. The van der Waals surface area contributed by atoms with Crippen molar-refractivity contribution in [2.45, 2.75) is 39.0 Å². The molecule has 0 aromatic heterocycles. The average Bonchev–Trinajstić information content (AvgIpc) is 2.71. The second kappa shape index (κ2) is 9.59. The summed E-state index contributed by atoms with van der Waals surface area (Å²) in [7, 11) is 0. The highest BCUT2D eigenvalue weighted by Crippen LogP contribution is 2.19. The van der Waals surface area contributed by atoms with Gasteiger partial charge in [0, 0.05) is 16.8 Å². The number of anilines is 1. The molecule has 2 nitrogen and oxygen atoms in total. The van der Waals surface area contributed by atoms with E-state index in [0.717, 1.165) is 23.2 Å². The molecule has 1 amide bonds. The molecule has 0 aliphatic carbocycles. The largest absolute Gasteiger partial charge is 0.329 e. The topological polar surface area (TPSA) is 29.1 Å². The van der Waals surface area contributed by atoms with E-state index in [1.807, 2.05) is 24.3 Å². The highest BCUT2D eigenvalue weighted by atomic mass is 16.1. The number of benzene rings is 3. The molecule has 0 bridgehead atoms. The molecular weight excluding hydrogens is 330 g/mol.